The number of nitrogens with one attached hydrogen (secondary N) is 2. The molecule has 1 aliphatic heterocycles. The monoisotopic (exact) mass is 636 g/mol. The zero-order valence-electron chi connectivity index (χ0n) is 27.8. The summed E-state index contributed by atoms with van der Waals surface area (Å²) in [6.07, 6.45) is 1.72. The van der Waals surface area contributed by atoms with Crippen molar-refractivity contribution in [2.75, 3.05) is 0 Å². The summed E-state index contributed by atoms with van der Waals surface area (Å²) < 4.78 is 12.9. The SMILES string of the molecule is CC(C)C[C@H](NC(=O)[C@@H](NC(=O)c1ccc(N=Nc2ccc(-c3ccccc3)cc2)cc1)[C@@H](C)O)B1OC2C[C@@H]3C[C@H](C2O1)C3(C)C. The Labute approximate surface area is 277 Å². The third-order valence-corrected chi connectivity index (χ3v) is 10.2. The number of aliphatic hydroxyl groups is 1. The number of carbonyl (C=O) groups is 2. The van der Waals surface area contributed by atoms with Crippen molar-refractivity contribution in [3.05, 3.63) is 84.4 Å². The van der Waals surface area contributed by atoms with Gasteiger partial charge in [-0.1, -0.05) is 70.2 Å². The Kier molecular flexibility index (Phi) is 9.64. The first-order valence-corrected chi connectivity index (χ1v) is 16.8. The van der Waals surface area contributed by atoms with Gasteiger partial charge < -0.3 is 25.0 Å². The lowest BCUT2D eigenvalue weighted by Gasteiger charge is -2.60. The molecule has 47 heavy (non-hydrogen) atoms. The number of hydrogen-bond donors (Lipinski definition) is 3. The highest BCUT2D eigenvalue weighted by molar-refractivity contribution is 6.47. The van der Waals surface area contributed by atoms with Gasteiger partial charge in [-0.3, -0.25) is 9.59 Å². The molecule has 2 amide bonds. The molecule has 1 heterocycles. The summed E-state index contributed by atoms with van der Waals surface area (Å²) in [5.41, 5.74) is 4.09. The molecular weight excluding hydrogens is 591 g/mol. The normalized spacial score (nSPS) is 24.7. The summed E-state index contributed by atoms with van der Waals surface area (Å²) in [5, 5.41) is 24.9. The van der Waals surface area contributed by atoms with Crippen molar-refractivity contribution in [3.8, 4) is 11.1 Å². The predicted molar refractivity (Wildman–Crippen MR) is 182 cm³/mol. The van der Waals surface area contributed by atoms with Crippen LogP contribution in [-0.4, -0.2) is 54.3 Å². The van der Waals surface area contributed by atoms with E-state index in [1.54, 1.807) is 24.3 Å². The molecule has 0 aromatic heterocycles. The van der Waals surface area contributed by atoms with Crippen LogP contribution in [0.2, 0.25) is 0 Å². The van der Waals surface area contributed by atoms with Crippen LogP contribution in [0.1, 0.15) is 64.2 Å². The number of carbonyl (C=O) groups excluding carboxylic acids is 2. The Bertz CT molecular complexity index is 1580. The third kappa shape index (κ3) is 7.20. The molecule has 4 fully saturated rings. The minimum absolute atomic E-state index is 0.0292. The zero-order chi connectivity index (χ0) is 33.3. The molecule has 3 aromatic carbocycles. The number of aliphatic hydroxyl groups excluding tert-OH is 1. The maximum Gasteiger partial charge on any atom is 0.481 e. The maximum absolute atomic E-state index is 13.5. The van der Waals surface area contributed by atoms with Crippen LogP contribution in [0, 0.1) is 23.2 Å². The fourth-order valence-electron chi connectivity index (χ4n) is 7.35. The minimum atomic E-state index is -1.16. The lowest BCUT2D eigenvalue weighted by molar-refractivity contribution is -0.150. The Morgan fingerprint density at radius 1 is 0.872 bits per heavy atom. The number of rotatable bonds is 11. The van der Waals surface area contributed by atoms with Crippen molar-refractivity contribution in [3.63, 3.8) is 0 Å². The molecule has 3 aliphatic carbocycles. The summed E-state index contributed by atoms with van der Waals surface area (Å²) in [4.78, 5) is 26.7. The number of benzene rings is 3. The Balaban J connectivity index is 1.06. The average Bonchev–Trinajstić information content (AvgIpc) is 3.51. The molecule has 246 valence electrons. The minimum Gasteiger partial charge on any atom is -0.404 e. The number of hydrogen-bond acceptors (Lipinski definition) is 7. The lowest BCUT2D eigenvalue weighted by atomic mass is 9.47. The van der Waals surface area contributed by atoms with Gasteiger partial charge in [0.25, 0.3) is 5.91 Å². The second-order valence-corrected chi connectivity index (χ2v) is 14.3. The molecule has 3 saturated carbocycles. The summed E-state index contributed by atoms with van der Waals surface area (Å²) >= 11 is 0. The van der Waals surface area contributed by atoms with Crippen LogP contribution >= 0.6 is 0 Å². The molecule has 0 spiro atoms. The molecule has 3 N–H and O–H groups in total. The average molecular weight is 637 g/mol. The van der Waals surface area contributed by atoms with Gasteiger partial charge in [0.1, 0.15) is 6.04 Å². The van der Waals surface area contributed by atoms with Gasteiger partial charge in [0.15, 0.2) is 0 Å². The van der Waals surface area contributed by atoms with E-state index in [9.17, 15) is 14.7 Å². The predicted octanol–water partition coefficient (Wildman–Crippen LogP) is 6.66. The van der Waals surface area contributed by atoms with Crippen LogP contribution in [0.3, 0.4) is 0 Å². The smallest absolute Gasteiger partial charge is 0.404 e. The highest BCUT2D eigenvalue weighted by Crippen LogP contribution is 2.61. The summed E-state index contributed by atoms with van der Waals surface area (Å²) in [5.74, 6) is -0.00797. The van der Waals surface area contributed by atoms with Gasteiger partial charge in [-0.15, -0.1) is 0 Å². The summed E-state index contributed by atoms with van der Waals surface area (Å²) in [6.45, 7) is 10.3. The van der Waals surface area contributed by atoms with E-state index in [0.717, 1.165) is 24.0 Å². The molecule has 2 unspecified atom stereocenters. The molecular formula is C37H45BN4O5. The van der Waals surface area contributed by atoms with Crippen molar-refractivity contribution in [2.45, 2.75) is 84.2 Å². The van der Waals surface area contributed by atoms with E-state index < -0.39 is 37.0 Å². The number of amides is 2. The van der Waals surface area contributed by atoms with E-state index in [-0.39, 0.29) is 23.5 Å². The second-order valence-electron chi connectivity index (χ2n) is 14.3. The second kappa shape index (κ2) is 13.7. The van der Waals surface area contributed by atoms with E-state index in [4.69, 9.17) is 9.31 Å². The van der Waals surface area contributed by atoms with Gasteiger partial charge in [-0.05, 0) is 96.9 Å². The fourth-order valence-corrected chi connectivity index (χ4v) is 7.35. The largest absolute Gasteiger partial charge is 0.481 e. The van der Waals surface area contributed by atoms with Crippen LogP contribution < -0.4 is 10.6 Å². The van der Waals surface area contributed by atoms with Gasteiger partial charge in [0, 0.05) is 5.56 Å². The van der Waals surface area contributed by atoms with Crippen molar-refractivity contribution >= 4 is 30.3 Å². The Morgan fingerprint density at radius 2 is 1.49 bits per heavy atom. The van der Waals surface area contributed by atoms with E-state index >= 15 is 0 Å². The van der Waals surface area contributed by atoms with Crippen molar-refractivity contribution in [2.24, 2.45) is 33.4 Å². The van der Waals surface area contributed by atoms with Gasteiger partial charge in [0.05, 0.1) is 35.6 Å². The van der Waals surface area contributed by atoms with Crippen LogP contribution in [0.15, 0.2) is 89.1 Å². The van der Waals surface area contributed by atoms with Crippen molar-refractivity contribution in [1.82, 2.24) is 10.6 Å². The first kappa shape index (κ1) is 33.1. The molecule has 0 radical (unpaired) electrons. The van der Waals surface area contributed by atoms with Crippen LogP contribution in [-0.2, 0) is 14.1 Å². The molecule has 7 atom stereocenters. The first-order chi connectivity index (χ1) is 22.5. The zero-order valence-corrected chi connectivity index (χ0v) is 27.8. The van der Waals surface area contributed by atoms with Gasteiger partial charge in [-0.25, -0.2) is 0 Å². The number of nitrogens with zero attached hydrogens (tertiary/aromatic N) is 2. The molecule has 4 aliphatic rings. The molecule has 2 bridgehead atoms. The first-order valence-electron chi connectivity index (χ1n) is 16.8. The maximum atomic E-state index is 13.5. The highest BCUT2D eigenvalue weighted by atomic mass is 16.7. The Morgan fingerprint density at radius 3 is 2.09 bits per heavy atom. The van der Waals surface area contributed by atoms with Gasteiger partial charge >= 0.3 is 7.12 Å². The Hall–Kier alpha value is -3.86. The van der Waals surface area contributed by atoms with Crippen LogP contribution in [0.5, 0.6) is 0 Å². The van der Waals surface area contributed by atoms with Gasteiger partial charge in [-0.2, -0.15) is 10.2 Å². The highest BCUT2D eigenvalue weighted by Gasteiger charge is 2.62. The number of azo groups is 1. The fraction of sp³-hybridized carbons (Fsp3) is 0.459. The molecule has 7 rings (SSSR count). The van der Waals surface area contributed by atoms with E-state index in [1.807, 2.05) is 42.5 Å². The van der Waals surface area contributed by atoms with Crippen LogP contribution in [0.25, 0.3) is 11.1 Å². The third-order valence-electron chi connectivity index (χ3n) is 10.2. The van der Waals surface area contributed by atoms with Gasteiger partial charge in [0.2, 0.25) is 5.91 Å². The topological polar surface area (TPSA) is 122 Å². The van der Waals surface area contributed by atoms with E-state index in [0.29, 0.717) is 35.2 Å². The quantitative estimate of drug-likeness (QED) is 0.161. The van der Waals surface area contributed by atoms with Crippen molar-refractivity contribution < 1.29 is 24.0 Å². The lowest BCUT2D eigenvalue weighted by Crippen LogP contribution is -2.59. The molecule has 9 nitrogen and oxygen atoms in total. The van der Waals surface area contributed by atoms with E-state index in [2.05, 4.69) is 60.7 Å². The standard InChI is InChI=1S/C37H45BN4O5/c1-22(2)19-32(38-46-31-21-27-20-30(34(31)47-38)37(27,4)5)39-36(45)33(23(3)43)40-35(44)26-13-17-29(18-14-26)42-41-28-15-11-25(12-16-28)24-9-7-6-8-10-24/h6-18,22-23,27,30-34,43H,19-21H2,1-5H3,(H,39,45)(H,40,44)/t23-,27+,30-,31?,32+,33+,34?/m1/s1. The molecule has 10 heteroatoms. The summed E-state index contributed by atoms with van der Waals surface area (Å²) in [7, 11) is -0.569. The van der Waals surface area contributed by atoms with Crippen molar-refractivity contribution in [1.29, 1.82) is 0 Å². The molecule has 1 saturated heterocycles. The molecule has 3 aromatic rings. The van der Waals surface area contributed by atoms with Crippen LogP contribution in [0.4, 0.5) is 11.4 Å². The van der Waals surface area contributed by atoms with E-state index in [1.165, 1.54) is 6.92 Å². The summed E-state index contributed by atoms with van der Waals surface area (Å²) in [6, 6.07) is 23.4.